The zero-order valence-corrected chi connectivity index (χ0v) is 6.94. The lowest BCUT2D eigenvalue weighted by Crippen LogP contribution is -2.04. The summed E-state index contributed by atoms with van der Waals surface area (Å²) in [6, 6.07) is 1.86. The summed E-state index contributed by atoms with van der Waals surface area (Å²) in [5.41, 5.74) is 0.789. The molecule has 0 amide bonds. The standard InChI is InChI=1S/C7H12N2O2/c1-9-5-4-6(8-9)7(10-2)11-3/h4-5,7H,1-3H3. The Morgan fingerprint density at radius 1 is 1.45 bits per heavy atom. The van der Waals surface area contributed by atoms with Crippen molar-refractivity contribution in [2.45, 2.75) is 6.29 Å². The fourth-order valence-electron chi connectivity index (χ4n) is 0.896. The average molecular weight is 156 g/mol. The van der Waals surface area contributed by atoms with Crippen molar-refractivity contribution in [1.82, 2.24) is 9.78 Å². The van der Waals surface area contributed by atoms with E-state index in [4.69, 9.17) is 9.47 Å². The van der Waals surface area contributed by atoms with Gasteiger partial charge in [-0.2, -0.15) is 5.10 Å². The number of aromatic nitrogens is 2. The van der Waals surface area contributed by atoms with Gasteiger partial charge in [-0.25, -0.2) is 0 Å². The number of methoxy groups -OCH3 is 2. The summed E-state index contributed by atoms with van der Waals surface area (Å²) < 4.78 is 11.7. The zero-order valence-electron chi connectivity index (χ0n) is 6.94. The number of hydrogen-bond acceptors (Lipinski definition) is 3. The lowest BCUT2D eigenvalue weighted by molar-refractivity contribution is -0.108. The van der Waals surface area contributed by atoms with Crippen LogP contribution in [-0.2, 0) is 16.5 Å². The first-order valence-corrected chi connectivity index (χ1v) is 3.33. The number of hydrogen-bond donors (Lipinski definition) is 0. The molecule has 11 heavy (non-hydrogen) atoms. The minimum atomic E-state index is -0.351. The van der Waals surface area contributed by atoms with Crippen molar-refractivity contribution in [2.75, 3.05) is 14.2 Å². The molecule has 0 N–H and O–H groups in total. The lowest BCUT2D eigenvalue weighted by atomic mass is 10.4. The van der Waals surface area contributed by atoms with Crippen LogP contribution in [-0.4, -0.2) is 24.0 Å². The van der Waals surface area contributed by atoms with Crippen LogP contribution in [0.1, 0.15) is 12.0 Å². The van der Waals surface area contributed by atoms with Gasteiger partial charge in [0.25, 0.3) is 0 Å². The van der Waals surface area contributed by atoms with Gasteiger partial charge in [0.05, 0.1) is 0 Å². The third-order valence-corrected chi connectivity index (χ3v) is 1.40. The Labute approximate surface area is 65.7 Å². The molecule has 1 aromatic rings. The van der Waals surface area contributed by atoms with E-state index in [1.165, 1.54) is 0 Å². The second kappa shape index (κ2) is 3.50. The Balaban J connectivity index is 2.73. The first-order valence-electron chi connectivity index (χ1n) is 3.33. The molecule has 0 aromatic carbocycles. The van der Waals surface area contributed by atoms with Crippen molar-refractivity contribution in [2.24, 2.45) is 7.05 Å². The largest absolute Gasteiger partial charge is 0.350 e. The van der Waals surface area contributed by atoms with Crippen molar-refractivity contribution in [3.05, 3.63) is 18.0 Å². The summed E-state index contributed by atoms with van der Waals surface area (Å²) in [6.07, 6.45) is 1.50. The van der Waals surface area contributed by atoms with Crippen molar-refractivity contribution in [3.63, 3.8) is 0 Å². The second-order valence-electron chi connectivity index (χ2n) is 2.22. The van der Waals surface area contributed by atoms with Crippen LogP contribution in [0.5, 0.6) is 0 Å². The molecule has 0 spiro atoms. The third-order valence-electron chi connectivity index (χ3n) is 1.40. The highest BCUT2D eigenvalue weighted by atomic mass is 16.7. The number of nitrogens with zero attached hydrogens (tertiary/aromatic N) is 2. The van der Waals surface area contributed by atoms with E-state index in [1.807, 2.05) is 19.3 Å². The highest BCUT2D eigenvalue weighted by molar-refractivity contribution is 5.00. The van der Waals surface area contributed by atoms with E-state index in [2.05, 4.69) is 5.10 Å². The fraction of sp³-hybridized carbons (Fsp3) is 0.571. The predicted molar refractivity (Wildman–Crippen MR) is 40.0 cm³/mol. The average Bonchev–Trinajstić information content (AvgIpc) is 2.39. The van der Waals surface area contributed by atoms with Gasteiger partial charge in [-0.05, 0) is 6.07 Å². The molecule has 0 atom stereocenters. The van der Waals surface area contributed by atoms with Crippen LogP contribution in [0.25, 0.3) is 0 Å². The molecule has 0 saturated heterocycles. The van der Waals surface area contributed by atoms with Crippen LogP contribution < -0.4 is 0 Å². The van der Waals surface area contributed by atoms with Gasteiger partial charge in [-0.15, -0.1) is 0 Å². The molecule has 1 aromatic heterocycles. The third kappa shape index (κ3) is 1.78. The number of aryl methyl sites for hydroxylation is 1. The quantitative estimate of drug-likeness (QED) is 0.605. The highest BCUT2D eigenvalue weighted by Crippen LogP contribution is 2.13. The van der Waals surface area contributed by atoms with E-state index < -0.39 is 0 Å². The van der Waals surface area contributed by atoms with Gasteiger partial charge >= 0.3 is 0 Å². The Morgan fingerprint density at radius 2 is 2.09 bits per heavy atom. The first kappa shape index (κ1) is 8.23. The van der Waals surface area contributed by atoms with Crippen LogP contribution in [0.4, 0.5) is 0 Å². The minimum absolute atomic E-state index is 0.351. The van der Waals surface area contributed by atoms with Gasteiger partial charge in [0.1, 0.15) is 5.69 Å². The predicted octanol–water partition coefficient (Wildman–Crippen LogP) is 0.712. The molecule has 0 aliphatic heterocycles. The maximum Gasteiger partial charge on any atom is 0.202 e. The Morgan fingerprint density at radius 3 is 2.45 bits per heavy atom. The molecule has 0 aliphatic rings. The highest BCUT2D eigenvalue weighted by Gasteiger charge is 2.10. The second-order valence-corrected chi connectivity index (χ2v) is 2.22. The fourth-order valence-corrected chi connectivity index (χ4v) is 0.896. The molecule has 0 unspecified atom stereocenters. The van der Waals surface area contributed by atoms with Gasteiger partial charge in [0.2, 0.25) is 6.29 Å². The minimum Gasteiger partial charge on any atom is -0.350 e. The van der Waals surface area contributed by atoms with Crippen LogP contribution in [0, 0.1) is 0 Å². The molecular weight excluding hydrogens is 144 g/mol. The molecule has 1 rings (SSSR count). The van der Waals surface area contributed by atoms with Crippen molar-refractivity contribution < 1.29 is 9.47 Å². The van der Waals surface area contributed by atoms with Gasteiger partial charge in [-0.1, -0.05) is 0 Å². The Kier molecular flexibility index (Phi) is 2.62. The normalized spacial score (nSPS) is 10.9. The van der Waals surface area contributed by atoms with Crippen LogP contribution >= 0.6 is 0 Å². The molecule has 0 aliphatic carbocycles. The summed E-state index contributed by atoms with van der Waals surface area (Å²) in [5.74, 6) is 0. The topological polar surface area (TPSA) is 36.3 Å². The molecular formula is C7H12N2O2. The van der Waals surface area contributed by atoms with Gasteiger partial charge in [-0.3, -0.25) is 4.68 Å². The van der Waals surface area contributed by atoms with E-state index in [9.17, 15) is 0 Å². The van der Waals surface area contributed by atoms with Gasteiger partial charge in [0.15, 0.2) is 0 Å². The van der Waals surface area contributed by atoms with E-state index >= 15 is 0 Å². The molecule has 4 heteroatoms. The first-order chi connectivity index (χ1) is 5.27. The van der Waals surface area contributed by atoms with Crippen LogP contribution in [0.2, 0.25) is 0 Å². The Hall–Kier alpha value is -0.870. The summed E-state index contributed by atoms with van der Waals surface area (Å²) >= 11 is 0. The molecule has 0 saturated carbocycles. The number of rotatable bonds is 3. The summed E-state index contributed by atoms with van der Waals surface area (Å²) in [4.78, 5) is 0. The molecule has 0 bridgehead atoms. The van der Waals surface area contributed by atoms with E-state index in [-0.39, 0.29) is 6.29 Å². The van der Waals surface area contributed by atoms with E-state index in [0.29, 0.717) is 0 Å². The maximum atomic E-state index is 5.00. The smallest absolute Gasteiger partial charge is 0.202 e. The van der Waals surface area contributed by atoms with E-state index in [0.717, 1.165) is 5.69 Å². The Bertz CT molecular complexity index is 218. The summed E-state index contributed by atoms with van der Waals surface area (Å²) in [5, 5.41) is 4.12. The maximum absolute atomic E-state index is 5.00. The molecule has 62 valence electrons. The SMILES string of the molecule is COC(OC)c1ccn(C)n1. The van der Waals surface area contributed by atoms with Crippen molar-refractivity contribution in [1.29, 1.82) is 0 Å². The van der Waals surface area contributed by atoms with Crippen molar-refractivity contribution in [3.8, 4) is 0 Å². The zero-order chi connectivity index (χ0) is 8.27. The summed E-state index contributed by atoms with van der Waals surface area (Å²) in [7, 11) is 5.03. The van der Waals surface area contributed by atoms with Gasteiger partial charge < -0.3 is 9.47 Å². The van der Waals surface area contributed by atoms with Crippen molar-refractivity contribution >= 4 is 0 Å². The van der Waals surface area contributed by atoms with Gasteiger partial charge in [0, 0.05) is 27.5 Å². The summed E-state index contributed by atoms with van der Waals surface area (Å²) in [6.45, 7) is 0. The molecule has 0 radical (unpaired) electrons. The lowest BCUT2D eigenvalue weighted by Gasteiger charge is -2.09. The van der Waals surface area contributed by atoms with E-state index in [1.54, 1.807) is 18.9 Å². The number of ether oxygens (including phenoxy) is 2. The molecule has 4 nitrogen and oxygen atoms in total. The molecule has 0 fully saturated rings. The monoisotopic (exact) mass is 156 g/mol. The molecule has 1 heterocycles. The van der Waals surface area contributed by atoms with Crippen LogP contribution in [0.3, 0.4) is 0 Å². The van der Waals surface area contributed by atoms with Crippen LogP contribution in [0.15, 0.2) is 12.3 Å².